The molecule has 0 radical (unpaired) electrons. The predicted octanol–water partition coefficient (Wildman–Crippen LogP) is 3.47. The summed E-state index contributed by atoms with van der Waals surface area (Å²) in [7, 11) is 0. The van der Waals surface area contributed by atoms with E-state index in [4.69, 9.17) is 16.3 Å². The smallest absolute Gasteiger partial charge is 0.291 e. The highest BCUT2D eigenvalue weighted by molar-refractivity contribution is 6.30. The number of rotatable bonds is 7. The van der Waals surface area contributed by atoms with E-state index >= 15 is 0 Å². The van der Waals surface area contributed by atoms with Crippen molar-refractivity contribution >= 4 is 35.2 Å². The number of hydrogen-bond acceptors (Lipinski definition) is 5. The minimum atomic E-state index is -0.363. The molecule has 2 N–H and O–H groups in total. The maximum absolute atomic E-state index is 12.6. The van der Waals surface area contributed by atoms with Crippen LogP contribution >= 0.6 is 11.6 Å². The van der Waals surface area contributed by atoms with Crippen LogP contribution in [-0.2, 0) is 4.79 Å². The molecular formula is C25H29ClN4O3. The Morgan fingerprint density at radius 2 is 1.85 bits per heavy atom. The van der Waals surface area contributed by atoms with Crippen molar-refractivity contribution in [2.75, 3.05) is 51.1 Å². The Kier molecular flexibility index (Phi) is 7.65. The molecule has 1 fully saturated rings. The molecule has 0 spiro atoms. The van der Waals surface area contributed by atoms with Crippen molar-refractivity contribution in [3.05, 3.63) is 64.4 Å². The minimum Gasteiger partial charge on any atom is -0.449 e. The first-order chi connectivity index (χ1) is 16.0. The lowest BCUT2D eigenvalue weighted by Crippen LogP contribution is -2.46. The second kappa shape index (κ2) is 10.8. The van der Waals surface area contributed by atoms with Crippen molar-refractivity contribution in [1.82, 2.24) is 15.1 Å². The molecular weight excluding hydrogens is 440 g/mol. The average Bonchev–Trinajstić information content (AvgIpc) is 2.83. The molecule has 2 amide bonds. The zero-order chi connectivity index (χ0) is 23.2. The number of hydrogen-bond donors (Lipinski definition) is 2. The molecule has 2 aliphatic rings. The van der Waals surface area contributed by atoms with Gasteiger partial charge in [0, 0.05) is 43.3 Å². The van der Waals surface area contributed by atoms with Gasteiger partial charge in [0.1, 0.15) is 0 Å². The molecule has 0 aromatic heterocycles. The molecule has 0 saturated carbocycles. The monoisotopic (exact) mass is 468 g/mol. The van der Waals surface area contributed by atoms with Crippen molar-refractivity contribution in [3.8, 4) is 5.75 Å². The van der Waals surface area contributed by atoms with E-state index in [0.29, 0.717) is 28.6 Å². The molecule has 2 aromatic rings. The molecule has 2 heterocycles. The number of benzene rings is 2. The molecule has 1 saturated heterocycles. The van der Waals surface area contributed by atoms with Crippen LogP contribution in [0.1, 0.15) is 29.3 Å². The summed E-state index contributed by atoms with van der Waals surface area (Å²) in [6.45, 7) is 9.29. The van der Waals surface area contributed by atoms with E-state index in [1.807, 2.05) is 0 Å². The van der Waals surface area contributed by atoms with E-state index in [1.54, 1.807) is 48.5 Å². The van der Waals surface area contributed by atoms with E-state index in [1.165, 1.54) is 0 Å². The highest BCUT2D eigenvalue weighted by atomic mass is 35.5. The fourth-order valence-corrected chi connectivity index (χ4v) is 4.07. The predicted molar refractivity (Wildman–Crippen MR) is 131 cm³/mol. The molecule has 2 aromatic carbocycles. The average molecular weight is 469 g/mol. The number of carbonyl (C=O) groups is 2. The van der Waals surface area contributed by atoms with Crippen LogP contribution in [0.2, 0.25) is 5.02 Å². The van der Waals surface area contributed by atoms with Gasteiger partial charge in [-0.3, -0.25) is 9.59 Å². The Morgan fingerprint density at radius 3 is 2.58 bits per heavy atom. The summed E-state index contributed by atoms with van der Waals surface area (Å²) in [6.07, 6.45) is 2.55. The number of ether oxygens (including phenoxy) is 1. The van der Waals surface area contributed by atoms with Gasteiger partial charge in [-0.2, -0.15) is 0 Å². The lowest BCUT2D eigenvalue weighted by molar-refractivity contribution is -0.115. The molecule has 0 unspecified atom stereocenters. The Morgan fingerprint density at radius 1 is 1.12 bits per heavy atom. The summed E-state index contributed by atoms with van der Waals surface area (Å²) in [5, 5.41) is 6.40. The van der Waals surface area contributed by atoms with Crippen LogP contribution < -0.4 is 15.4 Å². The quantitative estimate of drug-likeness (QED) is 0.481. The molecule has 0 atom stereocenters. The van der Waals surface area contributed by atoms with Crippen LogP contribution in [0, 0.1) is 0 Å². The molecule has 8 heteroatoms. The highest BCUT2D eigenvalue weighted by Gasteiger charge is 2.23. The summed E-state index contributed by atoms with van der Waals surface area (Å²) in [4.78, 5) is 29.9. The van der Waals surface area contributed by atoms with Crippen molar-refractivity contribution in [1.29, 1.82) is 0 Å². The SMILES string of the molecule is CCN1CCN(CCCNC(=O)c2ccc3c(c2)NC(=O)/C(=C\c2ccc(Cl)cc2)O3)CC1. The molecule has 0 aliphatic carbocycles. The molecule has 174 valence electrons. The van der Waals surface area contributed by atoms with Crippen molar-refractivity contribution in [3.63, 3.8) is 0 Å². The first-order valence-corrected chi connectivity index (χ1v) is 11.7. The summed E-state index contributed by atoms with van der Waals surface area (Å²) in [5.41, 5.74) is 1.77. The minimum absolute atomic E-state index is 0.162. The third-order valence-corrected chi connectivity index (χ3v) is 6.20. The molecule has 2 aliphatic heterocycles. The van der Waals surface area contributed by atoms with Gasteiger partial charge in [-0.25, -0.2) is 0 Å². The van der Waals surface area contributed by atoms with Gasteiger partial charge in [0.2, 0.25) is 0 Å². The Hall–Kier alpha value is -2.87. The number of piperazine rings is 1. The van der Waals surface area contributed by atoms with Gasteiger partial charge in [-0.05, 0) is 61.5 Å². The third-order valence-electron chi connectivity index (χ3n) is 5.95. The summed E-state index contributed by atoms with van der Waals surface area (Å²) < 4.78 is 5.77. The summed E-state index contributed by atoms with van der Waals surface area (Å²) in [5.74, 6) is 0.155. The van der Waals surface area contributed by atoms with Crippen LogP contribution in [0.3, 0.4) is 0 Å². The normalized spacial score (nSPS) is 17.9. The van der Waals surface area contributed by atoms with E-state index in [9.17, 15) is 9.59 Å². The van der Waals surface area contributed by atoms with Gasteiger partial charge >= 0.3 is 0 Å². The van der Waals surface area contributed by atoms with E-state index in [0.717, 1.165) is 51.3 Å². The maximum atomic E-state index is 12.6. The Balaban J connectivity index is 1.29. The number of nitrogens with zero attached hydrogens (tertiary/aromatic N) is 2. The Labute approximate surface area is 199 Å². The third kappa shape index (κ3) is 6.13. The highest BCUT2D eigenvalue weighted by Crippen LogP contribution is 2.32. The van der Waals surface area contributed by atoms with Crippen LogP contribution in [0.15, 0.2) is 48.2 Å². The van der Waals surface area contributed by atoms with Gasteiger partial charge in [0.05, 0.1) is 5.69 Å². The van der Waals surface area contributed by atoms with Crippen molar-refractivity contribution in [2.24, 2.45) is 0 Å². The van der Waals surface area contributed by atoms with Gasteiger partial charge < -0.3 is 25.2 Å². The van der Waals surface area contributed by atoms with E-state index < -0.39 is 0 Å². The van der Waals surface area contributed by atoms with Gasteiger partial charge in [-0.15, -0.1) is 0 Å². The van der Waals surface area contributed by atoms with Crippen molar-refractivity contribution in [2.45, 2.75) is 13.3 Å². The van der Waals surface area contributed by atoms with Gasteiger partial charge in [0.25, 0.3) is 11.8 Å². The number of nitrogens with one attached hydrogen (secondary N) is 2. The van der Waals surface area contributed by atoms with Crippen LogP contribution in [-0.4, -0.2) is 67.4 Å². The van der Waals surface area contributed by atoms with E-state index in [2.05, 4.69) is 27.4 Å². The second-order valence-electron chi connectivity index (χ2n) is 8.21. The second-order valence-corrected chi connectivity index (χ2v) is 8.65. The van der Waals surface area contributed by atoms with Crippen LogP contribution in [0.25, 0.3) is 6.08 Å². The fraction of sp³-hybridized carbons (Fsp3) is 0.360. The lowest BCUT2D eigenvalue weighted by Gasteiger charge is -2.33. The molecule has 0 bridgehead atoms. The topological polar surface area (TPSA) is 73.9 Å². The lowest BCUT2D eigenvalue weighted by atomic mass is 10.1. The molecule has 4 rings (SSSR count). The number of anilines is 1. The molecule has 33 heavy (non-hydrogen) atoms. The van der Waals surface area contributed by atoms with E-state index in [-0.39, 0.29) is 17.6 Å². The fourth-order valence-electron chi connectivity index (χ4n) is 3.95. The Bertz CT molecular complexity index is 1030. The number of amides is 2. The van der Waals surface area contributed by atoms with Crippen LogP contribution in [0.5, 0.6) is 5.75 Å². The van der Waals surface area contributed by atoms with Gasteiger partial charge in [-0.1, -0.05) is 30.7 Å². The number of fused-ring (bicyclic) bond motifs is 1. The van der Waals surface area contributed by atoms with Crippen molar-refractivity contribution < 1.29 is 14.3 Å². The maximum Gasteiger partial charge on any atom is 0.291 e. The zero-order valence-electron chi connectivity index (χ0n) is 18.8. The molecule has 7 nitrogen and oxygen atoms in total. The van der Waals surface area contributed by atoms with Crippen LogP contribution in [0.4, 0.5) is 5.69 Å². The number of carbonyl (C=O) groups excluding carboxylic acids is 2. The first kappa shape index (κ1) is 23.3. The largest absolute Gasteiger partial charge is 0.449 e. The first-order valence-electron chi connectivity index (χ1n) is 11.4. The standard InChI is InChI=1S/C25H29ClN4O3/c1-2-29-12-14-30(15-13-29)11-3-10-27-24(31)19-6-9-22-21(17-19)28-25(32)23(33-22)16-18-4-7-20(26)8-5-18/h4-9,16-17H,2-3,10-15H2,1H3,(H,27,31)(H,28,32)/b23-16+. The summed E-state index contributed by atoms with van der Waals surface area (Å²) in [6, 6.07) is 12.2. The number of likely N-dealkylation sites (N-methyl/N-ethyl adjacent to an activating group) is 1. The summed E-state index contributed by atoms with van der Waals surface area (Å²) >= 11 is 5.91. The number of halogens is 1. The van der Waals surface area contributed by atoms with Gasteiger partial charge in [0.15, 0.2) is 11.5 Å². The zero-order valence-corrected chi connectivity index (χ0v) is 19.5.